The first-order chi connectivity index (χ1) is 7.04. The second-order valence-corrected chi connectivity index (χ2v) is 3.11. The van der Waals surface area contributed by atoms with E-state index in [-0.39, 0.29) is 0 Å². The smallest absolute Gasteiger partial charge is 0.309 e. The summed E-state index contributed by atoms with van der Waals surface area (Å²) in [5, 5.41) is 3.01. The third-order valence-corrected chi connectivity index (χ3v) is 1.90. The summed E-state index contributed by atoms with van der Waals surface area (Å²) in [6.45, 7) is 4.71. The highest BCUT2D eigenvalue weighted by molar-refractivity contribution is 5.24. The molecule has 0 aliphatic carbocycles. The molecule has 15 heavy (non-hydrogen) atoms. The van der Waals surface area contributed by atoms with E-state index in [9.17, 15) is 13.2 Å². The highest BCUT2D eigenvalue weighted by Crippen LogP contribution is 2.28. The first kappa shape index (κ1) is 11.8. The fourth-order valence-corrected chi connectivity index (χ4v) is 1.13. The normalized spacial score (nSPS) is 11.4. The lowest BCUT2D eigenvalue weighted by molar-refractivity contribution is -0.137. The number of rotatable bonds is 4. The second-order valence-electron chi connectivity index (χ2n) is 3.11. The van der Waals surface area contributed by atoms with Crippen molar-refractivity contribution in [3.05, 3.63) is 48.0 Å². The van der Waals surface area contributed by atoms with Gasteiger partial charge < -0.3 is 5.32 Å². The molecule has 0 bridgehead atoms. The molecule has 1 N–H and O–H groups in total. The zero-order valence-corrected chi connectivity index (χ0v) is 8.14. The van der Waals surface area contributed by atoms with E-state index in [4.69, 9.17) is 0 Å². The van der Waals surface area contributed by atoms with Gasteiger partial charge in [0.15, 0.2) is 0 Å². The Hall–Kier alpha value is -1.29. The monoisotopic (exact) mass is 215 g/mol. The lowest BCUT2D eigenvalue weighted by atomic mass is 10.1. The van der Waals surface area contributed by atoms with Crippen molar-refractivity contribution in [2.75, 3.05) is 6.54 Å². The molecule has 0 saturated carbocycles. The van der Waals surface area contributed by atoms with E-state index in [0.717, 1.165) is 17.7 Å². The average molecular weight is 215 g/mol. The summed E-state index contributed by atoms with van der Waals surface area (Å²) in [7, 11) is 0. The molecule has 0 saturated heterocycles. The summed E-state index contributed by atoms with van der Waals surface area (Å²) >= 11 is 0. The zero-order chi connectivity index (χ0) is 11.3. The highest BCUT2D eigenvalue weighted by atomic mass is 19.4. The molecule has 4 heteroatoms. The van der Waals surface area contributed by atoms with Crippen LogP contribution in [0.2, 0.25) is 0 Å². The molecular weight excluding hydrogens is 203 g/mol. The number of hydrogen-bond acceptors (Lipinski definition) is 1. The minimum Gasteiger partial charge on any atom is -0.309 e. The van der Waals surface area contributed by atoms with Crippen LogP contribution in [-0.4, -0.2) is 6.54 Å². The maximum absolute atomic E-state index is 12.2. The van der Waals surface area contributed by atoms with Crippen molar-refractivity contribution in [2.45, 2.75) is 12.7 Å². The first-order valence-corrected chi connectivity index (χ1v) is 4.52. The third kappa shape index (κ3) is 3.75. The predicted molar refractivity (Wildman–Crippen MR) is 53.3 cm³/mol. The van der Waals surface area contributed by atoms with Gasteiger partial charge in [-0.25, -0.2) is 0 Å². The molecule has 82 valence electrons. The molecule has 0 atom stereocenters. The molecule has 0 fully saturated rings. The van der Waals surface area contributed by atoms with Gasteiger partial charge in [-0.1, -0.05) is 18.2 Å². The molecule has 0 amide bonds. The number of benzene rings is 1. The Morgan fingerprint density at radius 1 is 1.20 bits per heavy atom. The minimum absolute atomic E-state index is 0.546. The summed E-state index contributed by atoms with van der Waals surface area (Å²) in [6, 6.07) is 5.12. The summed E-state index contributed by atoms with van der Waals surface area (Å²) in [4.78, 5) is 0. The second kappa shape index (κ2) is 4.98. The molecule has 0 unspecified atom stereocenters. The lowest BCUT2D eigenvalue weighted by Crippen LogP contribution is -2.13. The van der Waals surface area contributed by atoms with Crippen LogP contribution in [0.25, 0.3) is 0 Å². The zero-order valence-electron chi connectivity index (χ0n) is 8.14. The molecule has 1 aromatic carbocycles. The van der Waals surface area contributed by atoms with Crippen molar-refractivity contribution in [1.82, 2.24) is 5.32 Å². The standard InChI is InChI=1S/C11H12F3N/c1-2-7-15-8-9-3-5-10(6-4-9)11(12,13)14/h2-6,15H,1,7-8H2. The number of hydrogen-bond donors (Lipinski definition) is 1. The van der Waals surface area contributed by atoms with E-state index in [1.165, 1.54) is 12.1 Å². The summed E-state index contributed by atoms with van der Waals surface area (Å²) < 4.78 is 36.6. The minimum atomic E-state index is -4.26. The molecule has 0 aliphatic rings. The molecule has 0 aliphatic heterocycles. The maximum Gasteiger partial charge on any atom is 0.416 e. The SMILES string of the molecule is C=CCNCc1ccc(C(F)(F)F)cc1. The van der Waals surface area contributed by atoms with Gasteiger partial charge in [0.05, 0.1) is 5.56 Å². The Bertz CT molecular complexity index is 314. The Morgan fingerprint density at radius 3 is 2.27 bits per heavy atom. The van der Waals surface area contributed by atoms with Crippen molar-refractivity contribution >= 4 is 0 Å². The molecule has 0 radical (unpaired) electrons. The Morgan fingerprint density at radius 2 is 1.80 bits per heavy atom. The van der Waals surface area contributed by atoms with Gasteiger partial charge in [0.2, 0.25) is 0 Å². The summed E-state index contributed by atoms with van der Waals surface area (Å²) in [5.41, 5.74) is 0.208. The van der Waals surface area contributed by atoms with Crippen LogP contribution in [0.1, 0.15) is 11.1 Å². The fourth-order valence-electron chi connectivity index (χ4n) is 1.13. The highest BCUT2D eigenvalue weighted by Gasteiger charge is 2.29. The summed E-state index contributed by atoms with van der Waals surface area (Å²) in [6.07, 6.45) is -2.56. The van der Waals surface area contributed by atoms with Crippen LogP contribution in [0.4, 0.5) is 13.2 Å². The largest absolute Gasteiger partial charge is 0.416 e. The molecule has 1 rings (SSSR count). The molecule has 0 spiro atoms. The van der Waals surface area contributed by atoms with Crippen LogP contribution in [0.3, 0.4) is 0 Å². The van der Waals surface area contributed by atoms with Crippen LogP contribution in [-0.2, 0) is 12.7 Å². The maximum atomic E-state index is 12.2. The Kier molecular flexibility index (Phi) is 3.91. The lowest BCUT2D eigenvalue weighted by Gasteiger charge is -2.07. The van der Waals surface area contributed by atoms with Crippen molar-refractivity contribution in [2.24, 2.45) is 0 Å². The molecular formula is C11H12F3N. The van der Waals surface area contributed by atoms with Crippen LogP contribution in [0, 0.1) is 0 Å². The van der Waals surface area contributed by atoms with E-state index in [1.54, 1.807) is 6.08 Å². The van der Waals surface area contributed by atoms with Crippen molar-refractivity contribution in [3.8, 4) is 0 Å². The van der Waals surface area contributed by atoms with Crippen molar-refractivity contribution in [1.29, 1.82) is 0 Å². The average Bonchev–Trinajstić information content (AvgIpc) is 2.18. The van der Waals surface area contributed by atoms with Gasteiger partial charge in [0.1, 0.15) is 0 Å². The molecule has 1 nitrogen and oxygen atoms in total. The van der Waals surface area contributed by atoms with E-state index < -0.39 is 11.7 Å². The number of nitrogens with one attached hydrogen (secondary N) is 1. The van der Waals surface area contributed by atoms with Crippen molar-refractivity contribution in [3.63, 3.8) is 0 Å². The van der Waals surface area contributed by atoms with Crippen molar-refractivity contribution < 1.29 is 13.2 Å². The first-order valence-electron chi connectivity index (χ1n) is 4.52. The van der Waals surface area contributed by atoms with Gasteiger partial charge in [-0.2, -0.15) is 13.2 Å². The Balaban J connectivity index is 2.60. The van der Waals surface area contributed by atoms with E-state index in [0.29, 0.717) is 13.1 Å². The van der Waals surface area contributed by atoms with Crippen LogP contribution < -0.4 is 5.32 Å². The summed E-state index contributed by atoms with van der Waals surface area (Å²) in [5.74, 6) is 0. The van der Waals surface area contributed by atoms with Gasteiger partial charge in [-0.3, -0.25) is 0 Å². The predicted octanol–water partition coefficient (Wildman–Crippen LogP) is 2.98. The molecule has 0 heterocycles. The van der Waals surface area contributed by atoms with E-state index in [2.05, 4.69) is 11.9 Å². The molecule has 1 aromatic rings. The topological polar surface area (TPSA) is 12.0 Å². The van der Waals surface area contributed by atoms with E-state index in [1.807, 2.05) is 0 Å². The Labute approximate surface area is 86.6 Å². The number of alkyl halides is 3. The van der Waals surface area contributed by atoms with Gasteiger partial charge >= 0.3 is 6.18 Å². The third-order valence-electron chi connectivity index (χ3n) is 1.90. The van der Waals surface area contributed by atoms with Gasteiger partial charge in [0, 0.05) is 13.1 Å². The van der Waals surface area contributed by atoms with Gasteiger partial charge in [-0.05, 0) is 17.7 Å². The fraction of sp³-hybridized carbons (Fsp3) is 0.273. The van der Waals surface area contributed by atoms with Gasteiger partial charge in [-0.15, -0.1) is 6.58 Å². The van der Waals surface area contributed by atoms with E-state index >= 15 is 0 Å². The molecule has 0 aromatic heterocycles. The quantitative estimate of drug-likeness (QED) is 0.601. The van der Waals surface area contributed by atoms with Gasteiger partial charge in [0.25, 0.3) is 0 Å². The van der Waals surface area contributed by atoms with Crippen LogP contribution in [0.15, 0.2) is 36.9 Å². The van der Waals surface area contributed by atoms with Crippen LogP contribution >= 0.6 is 0 Å². The van der Waals surface area contributed by atoms with Crippen LogP contribution in [0.5, 0.6) is 0 Å². The number of halogens is 3.